The zero-order valence-electron chi connectivity index (χ0n) is 12.4. The summed E-state index contributed by atoms with van der Waals surface area (Å²) in [6, 6.07) is 7.34. The Morgan fingerprint density at radius 3 is 2.86 bits per heavy atom. The molecular weight excluding hydrogens is 284 g/mol. The fourth-order valence-electron chi connectivity index (χ4n) is 2.96. The maximum atomic E-state index is 11.9. The first-order valence-corrected chi connectivity index (χ1v) is 7.43. The molecule has 0 bridgehead atoms. The van der Waals surface area contributed by atoms with Crippen LogP contribution in [-0.2, 0) is 17.6 Å². The first kappa shape index (κ1) is 14.6. The molecule has 1 aromatic heterocycles. The molecule has 0 saturated carbocycles. The van der Waals surface area contributed by atoms with Crippen molar-refractivity contribution in [3.05, 3.63) is 51.8 Å². The van der Waals surface area contributed by atoms with Gasteiger partial charge in [0, 0.05) is 12.5 Å². The minimum Gasteiger partial charge on any atom is -0.465 e. The highest BCUT2D eigenvalue weighted by molar-refractivity contribution is 5.89. The van der Waals surface area contributed by atoms with E-state index in [1.165, 1.54) is 7.11 Å². The number of benzene rings is 1. The fraction of sp³-hybridized carbons (Fsp3) is 0.438. The summed E-state index contributed by atoms with van der Waals surface area (Å²) >= 11 is 0. The molecular formula is C16H18N2O4. The molecule has 0 N–H and O–H groups in total. The molecule has 116 valence electrons. The van der Waals surface area contributed by atoms with Crippen LogP contribution in [0.25, 0.3) is 0 Å². The van der Waals surface area contributed by atoms with Crippen LogP contribution in [0, 0.1) is 0 Å². The lowest BCUT2D eigenvalue weighted by Crippen LogP contribution is -2.23. The average Bonchev–Trinajstić information content (AvgIpc) is 2.78. The van der Waals surface area contributed by atoms with E-state index in [4.69, 9.17) is 4.52 Å². The van der Waals surface area contributed by atoms with Crippen LogP contribution in [-0.4, -0.2) is 22.8 Å². The second-order valence-corrected chi connectivity index (χ2v) is 5.53. The van der Waals surface area contributed by atoms with Crippen LogP contribution in [0.15, 0.2) is 33.6 Å². The molecule has 1 unspecified atom stereocenters. The number of carbonyl (C=O) groups excluding carboxylic acids is 1. The standard InChI is InChI=1S/C16H18N2O4/c1-21-15(19)12-8-6-11(7-9-12)10-13-4-2-3-5-14-17-22-16(20)18(13)14/h6-9,13H,2-5,10H2,1H3. The number of carbonyl (C=O) groups is 1. The van der Waals surface area contributed by atoms with E-state index in [1.54, 1.807) is 16.7 Å². The van der Waals surface area contributed by atoms with Gasteiger partial charge in [-0.2, -0.15) is 0 Å². The number of hydrogen-bond donors (Lipinski definition) is 0. The molecule has 0 spiro atoms. The maximum absolute atomic E-state index is 11.9. The summed E-state index contributed by atoms with van der Waals surface area (Å²) in [7, 11) is 1.36. The molecule has 2 heterocycles. The predicted molar refractivity (Wildman–Crippen MR) is 78.8 cm³/mol. The molecule has 1 aliphatic rings. The number of rotatable bonds is 3. The number of aromatic nitrogens is 2. The van der Waals surface area contributed by atoms with E-state index in [1.807, 2.05) is 12.1 Å². The highest BCUT2D eigenvalue weighted by atomic mass is 16.5. The normalized spacial score (nSPS) is 17.6. The highest BCUT2D eigenvalue weighted by Gasteiger charge is 2.23. The molecule has 1 aliphatic heterocycles. The van der Waals surface area contributed by atoms with E-state index in [0.29, 0.717) is 5.56 Å². The van der Waals surface area contributed by atoms with Crippen molar-refractivity contribution in [3.63, 3.8) is 0 Å². The molecule has 1 aromatic carbocycles. The van der Waals surface area contributed by atoms with Gasteiger partial charge in [-0.05, 0) is 37.0 Å². The van der Waals surface area contributed by atoms with E-state index < -0.39 is 0 Å². The number of esters is 1. The van der Waals surface area contributed by atoms with Crippen LogP contribution < -0.4 is 5.76 Å². The average molecular weight is 302 g/mol. The van der Waals surface area contributed by atoms with Crippen LogP contribution in [0.5, 0.6) is 0 Å². The fourth-order valence-corrected chi connectivity index (χ4v) is 2.96. The van der Waals surface area contributed by atoms with Crippen LogP contribution >= 0.6 is 0 Å². The van der Waals surface area contributed by atoms with Gasteiger partial charge in [0.05, 0.1) is 12.7 Å². The summed E-state index contributed by atoms with van der Waals surface area (Å²) in [4.78, 5) is 23.3. The summed E-state index contributed by atoms with van der Waals surface area (Å²) in [6.07, 6.45) is 4.50. The summed E-state index contributed by atoms with van der Waals surface area (Å²) in [5.41, 5.74) is 1.59. The quantitative estimate of drug-likeness (QED) is 0.812. The second-order valence-electron chi connectivity index (χ2n) is 5.53. The number of aryl methyl sites for hydroxylation is 1. The van der Waals surface area contributed by atoms with Crippen molar-refractivity contribution in [1.82, 2.24) is 9.72 Å². The summed E-state index contributed by atoms with van der Waals surface area (Å²) in [5, 5.41) is 3.87. The Morgan fingerprint density at radius 1 is 1.36 bits per heavy atom. The number of ether oxygens (including phenoxy) is 1. The van der Waals surface area contributed by atoms with Gasteiger partial charge < -0.3 is 4.74 Å². The second kappa shape index (κ2) is 6.17. The topological polar surface area (TPSA) is 74.3 Å². The van der Waals surface area contributed by atoms with Crippen molar-refractivity contribution >= 4 is 5.97 Å². The van der Waals surface area contributed by atoms with Crippen molar-refractivity contribution in [2.24, 2.45) is 0 Å². The molecule has 0 saturated heterocycles. The van der Waals surface area contributed by atoms with E-state index in [2.05, 4.69) is 9.89 Å². The smallest absolute Gasteiger partial charge is 0.441 e. The lowest BCUT2D eigenvalue weighted by molar-refractivity contribution is 0.0600. The van der Waals surface area contributed by atoms with Crippen LogP contribution in [0.4, 0.5) is 0 Å². The molecule has 22 heavy (non-hydrogen) atoms. The van der Waals surface area contributed by atoms with Gasteiger partial charge in [-0.3, -0.25) is 9.09 Å². The van der Waals surface area contributed by atoms with E-state index in [9.17, 15) is 9.59 Å². The zero-order chi connectivity index (χ0) is 15.5. The molecule has 0 amide bonds. The van der Waals surface area contributed by atoms with E-state index in [-0.39, 0.29) is 17.8 Å². The van der Waals surface area contributed by atoms with Gasteiger partial charge >= 0.3 is 11.7 Å². The largest absolute Gasteiger partial charge is 0.465 e. The van der Waals surface area contributed by atoms with Gasteiger partial charge in [-0.15, -0.1) is 0 Å². The first-order valence-electron chi connectivity index (χ1n) is 7.43. The third kappa shape index (κ3) is 2.81. The Morgan fingerprint density at radius 2 is 2.14 bits per heavy atom. The zero-order valence-corrected chi connectivity index (χ0v) is 12.4. The summed E-state index contributed by atoms with van der Waals surface area (Å²) in [5.74, 6) is 0.00492. The highest BCUT2D eigenvalue weighted by Crippen LogP contribution is 2.25. The lowest BCUT2D eigenvalue weighted by Gasteiger charge is -2.16. The van der Waals surface area contributed by atoms with Gasteiger partial charge in [-0.25, -0.2) is 9.59 Å². The Hall–Kier alpha value is -2.37. The SMILES string of the molecule is COC(=O)c1ccc(CC2CCCCc3noc(=O)n32)cc1. The van der Waals surface area contributed by atoms with Gasteiger partial charge in [0.25, 0.3) is 0 Å². The molecule has 3 rings (SSSR count). The van der Waals surface area contributed by atoms with Crippen molar-refractivity contribution in [2.45, 2.75) is 38.1 Å². The van der Waals surface area contributed by atoms with Gasteiger partial charge in [0.1, 0.15) is 0 Å². The Balaban J connectivity index is 1.82. The number of nitrogens with zero attached hydrogens (tertiary/aromatic N) is 2. The lowest BCUT2D eigenvalue weighted by atomic mass is 10.0. The van der Waals surface area contributed by atoms with E-state index >= 15 is 0 Å². The van der Waals surface area contributed by atoms with E-state index in [0.717, 1.165) is 43.5 Å². The Labute approximate surface area is 127 Å². The van der Waals surface area contributed by atoms with Gasteiger partial charge in [0.15, 0.2) is 5.82 Å². The molecule has 1 atom stereocenters. The molecule has 2 aromatic rings. The number of methoxy groups -OCH3 is 1. The number of fused-ring (bicyclic) bond motifs is 1. The van der Waals surface area contributed by atoms with Gasteiger partial charge in [-0.1, -0.05) is 23.7 Å². The minimum absolute atomic E-state index is 0.0558. The van der Waals surface area contributed by atoms with Crippen molar-refractivity contribution in [3.8, 4) is 0 Å². The van der Waals surface area contributed by atoms with Crippen LogP contribution in [0.3, 0.4) is 0 Å². The minimum atomic E-state index is -0.381. The third-order valence-corrected chi connectivity index (χ3v) is 4.10. The van der Waals surface area contributed by atoms with Crippen molar-refractivity contribution < 1.29 is 14.1 Å². The summed E-state index contributed by atoms with van der Waals surface area (Å²) in [6.45, 7) is 0. The van der Waals surface area contributed by atoms with Crippen molar-refractivity contribution in [2.75, 3.05) is 7.11 Å². The molecule has 0 fully saturated rings. The molecule has 6 heteroatoms. The monoisotopic (exact) mass is 302 g/mol. The Kier molecular flexibility index (Phi) is 4.09. The molecule has 6 nitrogen and oxygen atoms in total. The third-order valence-electron chi connectivity index (χ3n) is 4.10. The number of hydrogen-bond acceptors (Lipinski definition) is 5. The first-order chi connectivity index (χ1) is 10.7. The molecule has 0 radical (unpaired) electrons. The maximum Gasteiger partial charge on any atom is 0.441 e. The molecule has 0 aliphatic carbocycles. The summed E-state index contributed by atoms with van der Waals surface area (Å²) < 4.78 is 11.2. The Bertz CT molecular complexity index is 714. The predicted octanol–water partition coefficient (Wildman–Crippen LogP) is 2.13. The van der Waals surface area contributed by atoms with Crippen LogP contribution in [0.1, 0.15) is 47.1 Å². The van der Waals surface area contributed by atoms with Crippen molar-refractivity contribution in [1.29, 1.82) is 0 Å². The van der Waals surface area contributed by atoms with Crippen LogP contribution in [0.2, 0.25) is 0 Å². The van der Waals surface area contributed by atoms with Gasteiger partial charge in [0.2, 0.25) is 0 Å².